The highest BCUT2D eigenvalue weighted by molar-refractivity contribution is 7.81. The van der Waals surface area contributed by atoms with Crippen molar-refractivity contribution in [3.63, 3.8) is 0 Å². The summed E-state index contributed by atoms with van der Waals surface area (Å²) < 4.78 is 12.8. The maximum Gasteiger partial charge on any atom is 0.259 e. The number of nitriles is 1. The number of aromatic nitrogens is 3. The molecule has 2 saturated heterocycles. The van der Waals surface area contributed by atoms with Crippen molar-refractivity contribution in [1.29, 1.82) is 5.26 Å². The fraction of sp³-hybridized carbons (Fsp3) is 0.362. The van der Waals surface area contributed by atoms with Crippen LogP contribution >= 0.6 is 23.8 Å². The molecule has 3 atom stereocenters. The number of hydrogen-bond donors (Lipinski definition) is 3. The van der Waals surface area contributed by atoms with Gasteiger partial charge in [-0.2, -0.15) is 10.4 Å². The molecule has 2 aliphatic rings. The fourth-order valence-corrected chi connectivity index (χ4v) is 8.64. The quantitative estimate of drug-likeness (QED) is 0.0836. The van der Waals surface area contributed by atoms with E-state index in [1.807, 2.05) is 81.6 Å². The van der Waals surface area contributed by atoms with Crippen molar-refractivity contribution in [2.45, 2.75) is 84.3 Å². The summed E-state index contributed by atoms with van der Waals surface area (Å²) in [6.07, 6.45) is 6.38. The van der Waals surface area contributed by atoms with Crippen molar-refractivity contribution in [1.82, 2.24) is 30.3 Å². The molecule has 0 unspecified atom stereocenters. The molecule has 0 bridgehead atoms. The average molecular weight is 920 g/mol. The van der Waals surface area contributed by atoms with Gasteiger partial charge in [0.05, 0.1) is 34.8 Å². The third-order valence-electron chi connectivity index (χ3n) is 11.4. The Morgan fingerprint density at radius 1 is 1.05 bits per heavy atom. The van der Waals surface area contributed by atoms with Gasteiger partial charge < -0.3 is 34.7 Å². The van der Waals surface area contributed by atoms with Crippen molar-refractivity contribution in [3.8, 4) is 28.5 Å². The number of carbonyl (C=O) groups excluding carboxylic acids is 4. The van der Waals surface area contributed by atoms with Crippen LogP contribution in [0.2, 0.25) is 5.02 Å². The molecule has 5 aromatic rings. The molecule has 16 nitrogen and oxygen atoms in total. The Morgan fingerprint density at radius 2 is 1.75 bits per heavy atom. The number of benzene rings is 3. The smallest absolute Gasteiger partial charge is 0.259 e. The second-order valence-corrected chi connectivity index (χ2v) is 18.4. The molecule has 4 amide bonds. The SMILES string of the molecule is CC(C)(C)[C@H](NC(=O)COCCCn1cc(-c2ccc(N3C(=S)N(c4ccc(C#N)c(Cl)c4)C(=O)C3(C)C)cc2)cn1)C(=O)N1C[C@H](O)C[C@H]1C(=O)NCc1ccc(-c2cnco2)cc1. The molecular weight excluding hydrogens is 870 g/mol. The van der Waals surface area contributed by atoms with Crippen LogP contribution in [0.3, 0.4) is 0 Å². The second-order valence-electron chi connectivity index (χ2n) is 17.6. The number of amides is 4. The first-order chi connectivity index (χ1) is 31.0. The van der Waals surface area contributed by atoms with Gasteiger partial charge in [-0.05, 0) is 79.4 Å². The van der Waals surface area contributed by atoms with Crippen LogP contribution in [0.4, 0.5) is 11.4 Å². The summed E-state index contributed by atoms with van der Waals surface area (Å²) in [5, 5.41) is 30.6. The van der Waals surface area contributed by atoms with Gasteiger partial charge in [0.25, 0.3) is 5.91 Å². The molecule has 2 aliphatic heterocycles. The van der Waals surface area contributed by atoms with E-state index in [2.05, 4.69) is 20.7 Å². The van der Waals surface area contributed by atoms with Gasteiger partial charge in [0.2, 0.25) is 17.7 Å². The van der Waals surface area contributed by atoms with Gasteiger partial charge >= 0.3 is 0 Å². The van der Waals surface area contributed by atoms with Crippen LogP contribution in [0.15, 0.2) is 96.1 Å². The minimum atomic E-state index is -0.990. The summed E-state index contributed by atoms with van der Waals surface area (Å²) >= 11 is 12.1. The number of nitrogens with zero attached hydrogens (tertiary/aromatic N) is 7. The Balaban J connectivity index is 0.877. The molecule has 0 saturated carbocycles. The number of hydrogen-bond acceptors (Lipinski definition) is 11. The zero-order valence-corrected chi connectivity index (χ0v) is 38.2. The maximum absolute atomic E-state index is 14.0. The molecule has 2 aromatic heterocycles. The third-order valence-corrected chi connectivity index (χ3v) is 12.1. The Labute approximate surface area is 387 Å². The lowest BCUT2D eigenvalue weighted by atomic mass is 9.85. The minimum absolute atomic E-state index is 0.0345. The zero-order chi connectivity index (χ0) is 46.6. The van der Waals surface area contributed by atoms with Crippen LogP contribution in [0.5, 0.6) is 0 Å². The Kier molecular flexibility index (Phi) is 13.8. The number of likely N-dealkylation sites (tertiary alicyclic amines) is 1. The van der Waals surface area contributed by atoms with E-state index in [1.54, 1.807) is 54.0 Å². The predicted molar refractivity (Wildman–Crippen MR) is 247 cm³/mol. The maximum atomic E-state index is 14.0. The topological polar surface area (TPSA) is 199 Å². The number of aryl methyl sites for hydroxylation is 1. The number of aliphatic hydroxyl groups is 1. The van der Waals surface area contributed by atoms with E-state index in [9.17, 15) is 29.5 Å². The minimum Gasteiger partial charge on any atom is -0.444 e. The van der Waals surface area contributed by atoms with Crippen molar-refractivity contribution < 1.29 is 33.4 Å². The number of aliphatic hydroxyl groups excluding tert-OH is 1. The van der Waals surface area contributed by atoms with E-state index in [0.29, 0.717) is 35.1 Å². The van der Waals surface area contributed by atoms with Crippen molar-refractivity contribution in [2.24, 2.45) is 5.41 Å². The molecule has 3 N–H and O–H groups in total. The lowest BCUT2D eigenvalue weighted by molar-refractivity contribution is -0.144. The highest BCUT2D eigenvalue weighted by Crippen LogP contribution is 2.38. The zero-order valence-electron chi connectivity index (χ0n) is 36.7. The molecule has 0 radical (unpaired) electrons. The average Bonchev–Trinajstić information content (AvgIpc) is 4.09. The number of halogens is 1. The van der Waals surface area contributed by atoms with Crippen LogP contribution in [-0.4, -0.2) is 97.0 Å². The molecule has 3 aromatic carbocycles. The number of β-amino-alcohol motifs (C(OH)–C–C–N with tert-alkyl or cyclic N) is 1. The number of nitrogens with one attached hydrogen (secondary N) is 2. The van der Waals surface area contributed by atoms with Crippen LogP contribution in [0, 0.1) is 16.7 Å². The Morgan fingerprint density at radius 3 is 2.42 bits per heavy atom. The van der Waals surface area contributed by atoms with Gasteiger partial charge in [0.1, 0.15) is 30.3 Å². The van der Waals surface area contributed by atoms with Gasteiger partial charge in [0, 0.05) is 55.7 Å². The van der Waals surface area contributed by atoms with Gasteiger partial charge in [-0.15, -0.1) is 0 Å². The normalized spacial score (nSPS) is 17.6. The van der Waals surface area contributed by atoms with Gasteiger partial charge in [0.15, 0.2) is 17.3 Å². The molecular formula is C47H50ClN9O7S. The summed E-state index contributed by atoms with van der Waals surface area (Å²) in [5.74, 6) is -0.935. The molecule has 338 valence electrons. The van der Waals surface area contributed by atoms with E-state index in [0.717, 1.165) is 27.9 Å². The Hall–Kier alpha value is -6.45. The largest absolute Gasteiger partial charge is 0.444 e. The monoisotopic (exact) mass is 919 g/mol. The van der Waals surface area contributed by atoms with Gasteiger partial charge in [-0.1, -0.05) is 68.8 Å². The number of ether oxygens (including phenoxy) is 1. The van der Waals surface area contributed by atoms with E-state index in [4.69, 9.17) is 33.0 Å². The molecule has 2 fully saturated rings. The van der Waals surface area contributed by atoms with E-state index in [1.165, 1.54) is 16.2 Å². The third kappa shape index (κ3) is 10.3. The second kappa shape index (κ2) is 19.3. The summed E-state index contributed by atoms with van der Waals surface area (Å²) in [7, 11) is 0. The van der Waals surface area contributed by atoms with Crippen molar-refractivity contribution in [3.05, 3.63) is 108 Å². The molecule has 7 rings (SSSR count). The summed E-state index contributed by atoms with van der Waals surface area (Å²) in [6.45, 7) is 9.75. The van der Waals surface area contributed by atoms with Crippen LogP contribution in [0.25, 0.3) is 22.5 Å². The van der Waals surface area contributed by atoms with Gasteiger partial charge in [-0.25, -0.2) is 4.98 Å². The molecule has 4 heterocycles. The van der Waals surface area contributed by atoms with E-state index < -0.39 is 46.9 Å². The number of oxazole rings is 1. The Bertz CT molecular complexity index is 2600. The lowest BCUT2D eigenvalue weighted by Gasteiger charge is -2.35. The summed E-state index contributed by atoms with van der Waals surface area (Å²) in [6, 6.07) is 20.0. The van der Waals surface area contributed by atoms with Crippen LogP contribution in [-0.2, 0) is 37.0 Å². The first-order valence-electron chi connectivity index (χ1n) is 21.1. The molecule has 0 aliphatic carbocycles. The summed E-state index contributed by atoms with van der Waals surface area (Å²) in [5.41, 5.74) is 3.27. The lowest BCUT2D eigenvalue weighted by Crippen LogP contribution is -2.58. The molecule has 18 heteroatoms. The fourth-order valence-electron chi connectivity index (χ4n) is 7.90. The number of carbonyl (C=O) groups is 4. The van der Waals surface area contributed by atoms with Crippen molar-refractivity contribution >= 4 is 63.9 Å². The first-order valence-corrected chi connectivity index (χ1v) is 21.9. The molecule has 65 heavy (non-hydrogen) atoms. The number of anilines is 2. The van der Waals surface area contributed by atoms with E-state index >= 15 is 0 Å². The predicted octanol–water partition coefficient (Wildman–Crippen LogP) is 5.86. The van der Waals surface area contributed by atoms with Crippen molar-refractivity contribution in [2.75, 3.05) is 29.6 Å². The number of rotatable bonds is 15. The standard InChI is InChI=1S/C47H50ClN9O7S/c1-46(2,3)41(43(61)55-26-36(58)20-38(55)42(60)51-22-29-7-9-31(10-8-29)39-24-50-28-64-39)53-40(59)27-63-18-6-17-54-25-33(23-52-54)30-11-14-34(15-12-30)57-45(65)56(44(62)47(57,4)5)35-16-13-32(21-49)37(48)19-35/h7-16,19,23-25,28,36,38,41,58H,6,17-18,20,22,26-27H2,1-5H3,(H,51,60)(H,53,59)/t36-,38+,41-/m1/s1. The highest BCUT2D eigenvalue weighted by Gasteiger charge is 2.50. The van der Waals surface area contributed by atoms with Crippen LogP contribution in [0.1, 0.15) is 58.6 Å². The summed E-state index contributed by atoms with van der Waals surface area (Å²) in [4.78, 5) is 62.7. The van der Waals surface area contributed by atoms with Crippen LogP contribution < -0.4 is 20.4 Å². The highest BCUT2D eigenvalue weighted by atomic mass is 35.5. The number of thiocarbonyl (C=S) groups is 1. The van der Waals surface area contributed by atoms with Gasteiger partial charge in [-0.3, -0.25) is 28.8 Å². The molecule has 0 spiro atoms. The first kappa shape index (κ1) is 46.5. The van der Waals surface area contributed by atoms with E-state index in [-0.39, 0.29) is 43.7 Å².